The van der Waals surface area contributed by atoms with Crippen LogP contribution in [0.25, 0.3) is 20.7 Å². The van der Waals surface area contributed by atoms with Crippen LogP contribution in [-0.4, -0.2) is 30.8 Å². The lowest BCUT2D eigenvalue weighted by molar-refractivity contribution is -0.895. The number of anilines is 2. The first-order chi connectivity index (χ1) is 16.2. The Morgan fingerprint density at radius 2 is 2.00 bits per heavy atom. The van der Waals surface area contributed by atoms with E-state index >= 15 is 0 Å². The van der Waals surface area contributed by atoms with Gasteiger partial charge in [0.25, 0.3) is 5.91 Å². The summed E-state index contributed by atoms with van der Waals surface area (Å²) in [5.41, 5.74) is 10.4. The summed E-state index contributed by atoms with van der Waals surface area (Å²) in [6, 6.07) is 9.00. The van der Waals surface area contributed by atoms with Crippen LogP contribution in [0.3, 0.4) is 0 Å². The molecule has 0 saturated heterocycles. The van der Waals surface area contributed by atoms with E-state index in [0.717, 1.165) is 58.7 Å². The van der Waals surface area contributed by atoms with Gasteiger partial charge in [-0.2, -0.15) is 0 Å². The second-order valence-corrected chi connectivity index (χ2v) is 10.0. The Morgan fingerprint density at radius 3 is 2.68 bits per heavy atom. The number of carbonyl (C=O) groups is 1. The van der Waals surface area contributed by atoms with Crippen LogP contribution in [-0.2, 0) is 13.0 Å². The lowest BCUT2D eigenvalue weighted by Crippen LogP contribution is -3.08. The molecule has 0 radical (unpaired) electrons. The molecule has 3 aromatic heterocycles. The third-order valence-electron chi connectivity index (χ3n) is 5.65. The number of thiophene rings is 2. The Kier molecular flexibility index (Phi) is 5.70. The van der Waals surface area contributed by atoms with E-state index in [-0.39, 0.29) is 5.75 Å². The lowest BCUT2D eigenvalue weighted by Gasteiger charge is -2.24. The molecule has 0 spiro atoms. The molecule has 0 bridgehead atoms. The number of carbonyl (C=O) groups excluding carboxylic acids is 1. The number of nitrogens with two attached hydrogens (primary N) is 1. The zero-order chi connectivity index (χ0) is 24.0. The van der Waals surface area contributed by atoms with Gasteiger partial charge in [0, 0.05) is 33.5 Å². The number of hydrogen-bond donors (Lipinski definition) is 3. The van der Waals surface area contributed by atoms with Crippen LogP contribution < -0.4 is 20.7 Å². The van der Waals surface area contributed by atoms with Crippen molar-refractivity contribution in [1.82, 2.24) is 4.98 Å². The van der Waals surface area contributed by atoms with Gasteiger partial charge in [0.1, 0.15) is 22.0 Å². The number of aromatic nitrogens is 1. The van der Waals surface area contributed by atoms with Gasteiger partial charge in [-0.15, -0.1) is 35.8 Å². The number of halogens is 3. The van der Waals surface area contributed by atoms with E-state index in [1.54, 1.807) is 11.3 Å². The molecule has 34 heavy (non-hydrogen) atoms. The van der Waals surface area contributed by atoms with Gasteiger partial charge in [-0.25, -0.2) is 4.98 Å². The van der Waals surface area contributed by atoms with Crippen molar-refractivity contribution in [2.24, 2.45) is 0 Å². The number of benzene rings is 1. The largest absolute Gasteiger partial charge is 0.573 e. The molecule has 0 fully saturated rings. The van der Waals surface area contributed by atoms with E-state index in [9.17, 15) is 18.0 Å². The molecule has 176 valence electrons. The molecule has 5 rings (SSSR count). The summed E-state index contributed by atoms with van der Waals surface area (Å²) in [6.45, 7) is 1.81. The van der Waals surface area contributed by atoms with E-state index in [2.05, 4.69) is 17.1 Å². The molecule has 11 heteroatoms. The number of rotatable bonds is 4. The van der Waals surface area contributed by atoms with E-state index < -0.39 is 12.3 Å². The molecule has 4 aromatic rings. The van der Waals surface area contributed by atoms with Gasteiger partial charge < -0.3 is 20.7 Å². The third-order valence-corrected chi connectivity index (χ3v) is 7.64. The molecule has 0 saturated carbocycles. The van der Waals surface area contributed by atoms with Crippen LogP contribution >= 0.6 is 22.7 Å². The fourth-order valence-corrected chi connectivity index (χ4v) is 5.97. The van der Waals surface area contributed by atoms with Crippen LogP contribution in [0.5, 0.6) is 5.75 Å². The summed E-state index contributed by atoms with van der Waals surface area (Å²) in [5, 5.41) is 5.49. The molecule has 1 aromatic carbocycles. The SMILES string of the molecule is C[NH+]1CCc2nc3sc(C(=O)Nc4ccc(OC(F)(F)F)cc4)c(N)c3c(-c3cccs3)c2C1. The standard InChI is InChI=1S/C23H19F3N4O2S2/c1-30-9-8-15-14(11-30)17(16-3-2-10-33-16)18-19(27)20(34-22(18)29-15)21(31)28-12-4-6-13(7-5-12)32-23(24,25)26/h2-7,10H,8-9,11,27H2,1H3,(H,28,31)/p+1. The quantitative estimate of drug-likeness (QED) is 0.386. The predicted octanol–water partition coefficient (Wildman–Crippen LogP) is 4.33. The number of quaternary nitrogens is 1. The van der Waals surface area contributed by atoms with Gasteiger partial charge >= 0.3 is 6.36 Å². The van der Waals surface area contributed by atoms with E-state index in [4.69, 9.17) is 10.7 Å². The van der Waals surface area contributed by atoms with Crippen molar-refractivity contribution in [2.75, 3.05) is 24.6 Å². The number of pyridine rings is 1. The van der Waals surface area contributed by atoms with Gasteiger partial charge in [0.05, 0.1) is 25.0 Å². The van der Waals surface area contributed by atoms with E-state index in [0.29, 0.717) is 21.1 Å². The van der Waals surface area contributed by atoms with Crippen molar-refractivity contribution in [3.63, 3.8) is 0 Å². The topological polar surface area (TPSA) is 81.7 Å². The average Bonchev–Trinajstić information content (AvgIpc) is 3.41. The summed E-state index contributed by atoms with van der Waals surface area (Å²) < 4.78 is 41.0. The summed E-state index contributed by atoms with van der Waals surface area (Å²) in [4.78, 5) is 21.4. The van der Waals surface area contributed by atoms with Crippen LogP contribution in [0.1, 0.15) is 20.9 Å². The maximum absolute atomic E-state index is 13.1. The molecular weight excluding hydrogens is 485 g/mol. The fourth-order valence-electron chi connectivity index (χ4n) is 4.15. The highest BCUT2D eigenvalue weighted by Gasteiger charge is 2.31. The zero-order valence-electron chi connectivity index (χ0n) is 18.0. The Morgan fingerprint density at radius 1 is 1.24 bits per heavy atom. The maximum atomic E-state index is 13.1. The van der Waals surface area contributed by atoms with Gasteiger partial charge in [0.15, 0.2) is 0 Å². The van der Waals surface area contributed by atoms with Crippen molar-refractivity contribution in [3.05, 3.63) is 57.9 Å². The maximum Gasteiger partial charge on any atom is 0.573 e. The molecule has 1 aliphatic heterocycles. The van der Waals surface area contributed by atoms with Crippen LogP contribution in [0.4, 0.5) is 24.5 Å². The summed E-state index contributed by atoms with van der Waals surface area (Å²) >= 11 is 2.84. The molecule has 1 unspecified atom stereocenters. The number of nitrogens with zero attached hydrogens (tertiary/aromatic N) is 1. The minimum atomic E-state index is -4.78. The summed E-state index contributed by atoms with van der Waals surface area (Å²) in [6.07, 6.45) is -3.93. The Labute approximate surface area is 200 Å². The molecule has 1 aliphatic rings. The lowest BCUT2D eigenvalue weighted by atomic mass is 9.96. The van der Waals surface area contributed by atoms with Crippen molar-refractivity contribution in [2.45, 2.75) is 19.3 Å². The van der Waals surface area contributed by atoms with Crippen molar-refractivity contribution in [3.8, 4) is 16.2 Å². The van der Waals surface area contributed by atoms with Crippen molar-refractivity contribution < 1.29 is 27.6 Å². The number of hydrogen-bond acceptors (Lipinski definition) is 6. The number of nitrogen functional groups attached to an aromatic ring is 1. The highest BCUT2D eigenvalue weighted by molar-refractivity contribution is 7.21. The first kappa shape index (κ1) is 22.6. The number of ether oxygens (including phenoxy) is 1. The molecule has 4 heterocycles. The Hall–Kier alpha value is -3.15. The molecule has 1 atom stereocenters. The van der Waals surface area contributed by atoms with Crippen LogP contribution in [0.15, 0.2) is 41.8 Å². The number of fused-ring (bicyclic) bond motifs is 2. The molecule has 1 amide bonds. The van der Waals surface area contributed by atoms with Gasteiger partial charge in [0.2, 0.25) is 0 Å². The van der Waals surface area contributed by atoms with Gasteiger partial charge in [-0.1, -0.05) is 6.07 Å². The highest BCUT2D eigenvalue weighted by atomic mass is 32.1. The summed E-state index contributed by atoms with van der Waals surface area (Å²) in [7, 11) is 2.15. The first-order valence-corrected chi connectivity index (χ1v) is 12.2. The third kappa shape index (κ3) is 4.33. The molecule has 4 N–H and O–H groups in total. The zero-order valence-corrected chi connectivity index (χ0v) is 19.6. The van der Waals surface area contributed by atoms with E-state index in [1.807, 2.05) is 17.5 Å². The Balaban J connectivity index is 1.52. The van der Waals surface area contributed by atoms with Gasteiger partial charge in [-0.3, -0.25) is 4.79 Å². The van der Waals surface area contributed by atoms with Gasteiger partial charge in [-0.05, 0) is 35.7 Å². The number of likely N-dealkylation sites (N-methyl/N-ethyl adjacent to an activating group) is 1. The summed E-state index contributed by atoms with van der Waals surface area (Å²) in [5.74, 6) is -0.808. The average molecular weight is 506 g/mol. The Bertz CT molecular complexity index is 1370. The number of nitrogens with one attached hydrogen (secondary N) is 2. The first-order valence-electron chi connectivity index (χ1n) is 10.5. The van der Waals surface area contributed by atoms with E-state index in [1.165, 1.54) is 28.4 Å². The van der Waals surface area contributed by atoms with Crippen LogP contribution in [0, 0.1) is 0 Å². The minimum absolute atomic E-state index is 0.318. The number of alkyl halides is 3. The van der Waals surface area contributed by atoms with Crippen LogP contribution in [0.2, 0.25) is 0 Å². The van der Waals surface area contributed by atoms with Crippen molar-refractivity contribution in [1.29, 1.82) is 0 Å². The van der Waals surface area contributed by atoms with Crippen molar-refractivity contribution >= 4 is 50.2 Å². The smallest absolute Gasteiger partial charge is 0.406 e. The second-order valence-electron chi connectivity index (χ2n) is 8.07. The molecule has 0 aliphatic carbocycles. The second kappa shape index (κ2) is 8.57. The monoisotopic (exact) mass is 505 g/mol. The minimum Gasteiger partial charge on any atom is -0.406 e. The molecule has 6 nitrogen and oxygen atoms in total. The fraction of sp³-hybridized carbons (Fsp3) is 0.217. The number of amides is 1. The highest BCUT2D eigenvalue weighted by Crippen LogP contribution is 2.44. The normalized spacial score (nSPS) is 15.8. The predicted molar refractivity (Wildman–Crippen MR) is 128 cm³/mol. The molecular formula is C23H20F3N4O2S2+.